The van der Waals surface area contributed by atoms with E-state index in [0.717, 1.165) is 12.1 Å². The molecule has 0 radical (unpaired) electrons. The van der Waals surface area contributed by atoms with Crippen molar-refractivity contribution in [3.8, 4) is 0 Å². The summed E-state index contributed by atoms with van der Waals surface area (Å²) in [5.74, 6) is 0.453. The molecule has 17 heavy (non-hydrogen) atoms. The molecule has 2 N–H and O–H groups in total. The Balaban J connectivity index is 1.81. The van der Waals surface area contributed by atoms with Crippen LogP contribution < -0.4 is 10.6 Å². The van der Waals surface area contributed by atoms with Crippen molar-refractivity contribution in [1.29, 1.82) is 0 Å². The normalized spacial score (nSPS) is 10.2. The van der Waals surface area contributed by atoms with E-state index in [4.69, 9.17) is 0 Å². The summed E-state index contributed by atoms with van der Waals surface area (Å²) < 4.78 is 1.65. The second-order valence-corrected chi connectivity index (χ2v) is 4.18. The fraction of sp³-hybridized carbons (Fsp3) is 0.300. The summed E-state index contributed by atoms with van der Waals surface area (Å²) in [4.78, 5) is 11.5. The fourth-order valence-corrected chi connectivity index (χ4v) is 1.91. The Morgan fingerprint density at radius 1 is 1.59 bits per heavy atom. The van der Waals surface area contributed by atoms with Gasteiger partial charge in [0.1, 0.15) is 0 Å². The number of aryl methyl sites for hydroxylation is 1. The molecule has 0 aliphatic heterocycles. The number of carbonyl (C=O) groups is 1. The zero-order valence-electron chi connectivity index (χ0n) is 9.38. The Morgan fingerprint density at radius 3 is 3.12 bits per heavy atom. The van der Waals surface area contributed by atoms with Crippen LogP contribution in [0.4, 0.5) is 10.6 Å². The molecule has 90 valence electrons. The first kappa shape index (κ1) is 11.6. The van der Waals surface area contributed by atoms with E-state index < -0.39 is 0 Å². The minimum Gasteiger partial charge on any atom is -0.334 e. The van der Waals surface area contributed by atoms with Crippen molar-refractivity contribution in [3.05, 3.63) is 28.6 Å². The highest BCUT2D eigenvalue weighted by Gasteiger charge is 2.04. The number of urea groups is 1. The maximum atomic E-state index is 11.5. The van der Waals surface area contributed by atoms with Crippen molar-refractivity contribution >= 4 is 23.2 Å². The van der Waals surface area contributed by atoms with E-state index in [1.807, 2.05) is 23.8 Å². The van der Waals surface area contributed by atoms with Gasteiger partial charge in [0.2, 0.25) is 0 Å². The largest absolute Gasteiger partial charge is 0.334 e. The molecule has 0 spiro atoms. The van der Waals surface area contributed by atoms with Gasteiger partial charge in [-0.05, 0) is 29.3 Å². The summed E-state index contributed by atoms with van der Waals surface area (Å²) in [6.45, 7) is 3.19. The van der Waals surface area contributed by atoms with Gasteiger partial charge in [0.25, 0.3) is 0 Å². The molecule has 0 aliphatic carbocycles. The van der Waals surface area contributed by atoms with E-state index in [9.17, 15) is 4.79 Å². The molecule has 0 bridgehead atoms. The van der Waals surface area contributed by atoms with Crippen LogP contribution >= 0.6 is 11.3 Å². The SMILES string of the molecule is CCn1cc(NC(=O)NCc2ccsc2)nn1. The van der Waals surface area contributed by atoms with Gasteiger partial charge < -0.3 is 5.32 Å². The molecule has 2 heterocycles. The van der Waals surface area contributed by atoms with Crippen molar-refractivity contribution in [3.63, 3.8) is 0 Å². The van der Waals surface area contributed by atoms with E-state index in [0.29, 0.717) is 12.4 Å². The second-order valence-electron chi connectivity index (χ2n) is 3.40. The Morgan fingerprint density at radius 2 is 2.47 bits per heavy atom. The summed E-state index contributed by atoms with van der Waals surface area (Å²) in [6.07, 6.45) is 1.68. The first-order valence-corrected chi connectivity index (χ1v) is 6.18. The van der Waals surface area contributed by atoms with Crippen LogP contribution in [0.1, 0.15) is 12.5 Å². The molecule has 0 unspecified atom stereocenters. The van der Waals surface area contributed by atoms with Gasteiger partial charge in [-0.3, -0.25) is 10.00 Å². The average Bonchev–Trinajstić information content (AvgIpc) is 2.97. The highest BCUT2D eigenvalue weighted by atomic mass is 32.1. The maximum Gasteiger partial charge on any atom is 0.320 e. The maximum absolute atomic E-state index is 11.5. The number of amides is 2. The van der Waals surface area contributed by atoms with E-state index in [1.54, 1.807) is 22.2 Å². The van der Waals surface area contributed by atoms with Gasteiger partial charge in [0.15, 0.2) is 5.82 Å². The van der Waals surface area contributed by atoms with Gasteiger partial charge in [-0.2, -0.15) is 11.3 Å². The average molecular weight is 251 g/mol. The third kappa shape index (κ3) is 3.28. The molecule has 2 rings (SSSR count). The first-order chi connectivity index (χ1) is 8.28. The number of hydrogen-bond acceptors (Lipinski definition) is 4. The predicted molar refractivity (Wildman–Crippen MR) is 65.9 cm³/mol. The molecule has 2 aromatic heterocycles. The van der Waals surface area contributed by atoms with Gasteiger partial charge in [0, 0.05) is 13.1 Å². The van der Waals surface area contributed by atoms with Crippen LogP contribution in [0.15, 0.2) is 23.0 Å². The van der Waals surface area contributed by atoms with Crippen molar-refractivity contribution in [2.45, 2.75) is 20.0 Å². The summed E-state index contributed by atoms with van der Waals surface area (Å²) in [7, 11) is 0. The monoisotopic (exact) mass is 251 g/mol. The molecule has 0 aliphatic rings. The molecule has 0 saturated heterocycles. The lowest BCUT2D eigenvalue weighted by Crippen LogP contribution is -2.28. The second kappa shape index (κ2) is 5.44. The van der Waals surface area contributed by atoms with Crippen LogP contribution in [-0.2, 0) is 13.1 Å². The molecular weight excluding hydrogens is 238 g/mol. The number of nitrogens with one attached hydrogen (secondary N) is 2. The van der Waals surface area contributed by atoms with Gasteiger partial charge >= 0.3 is 6.03 Å². The van der Waals surface area contributed by atoms with E-state index >= 15 is 0 Å². The zero-order chi connectivity index (χ0) is 12.1. The molecule has 0 aromatic carbocycles. The Labute approximate surface area is 103 Å². The van der Waals surface area contributed by atoms with Gasteiger partial charge in [-0.15, -0.1) is 5.10 Å². The quantitative estimate of drug-likeness (QED) is 0.868. The van der Waals surface area contributed by atoms with E-state index in [-0.39, 0.29) is 6.03 Å². The van der Waals surface area contributed by atoms with Gasteiger partial charge in [0.05, 0.1) is 6.20 Å². The lowest BCUT2D eigenvalue weighted by Gasteiger charge is -2.03. The topological polar surface area (TPSA) is 71.8 Å². The van der Waals surface area contributed by atoms with Crippen molar-refractivity contribution in [2.24, 2.45) is 0 Å². The number of carbonyl (C=O) groups excluding carboxylic acids is 1. The molecule has 0 saturated carbocycles. The number of nitrogens with zero attached hydrogens (tertiary/aromatic N) is 3. The van der Waals surface area contributed by atoms with Crippen molar-refractivity contribution < 1.29 is 4.79 Å². The minimum absolute atomic E-state index is 0.278. The van der Waals surface area contributed by atoms with Crippen LogP contribution in [0.2, 0.25) is 0 Å². The van der Waals surface area contributed by atoms with E-state index in [2.05, 4.69) is 20.9 Å². The Kier molecular flexibility index (Phi) is 3.71. The minimum atomic E-state index is -0.278. The summed E-state index contributed by atoms with van der Waals surface area (Å²) in [5, 5.41) is 17.0. The molecule has 7 heteroatoms. The molecule has 6 nitrogen and oxygen atoms in total. The molecule has 0 fully saturated rings. The molecule has 0 atom stereocenters. The molecular formula is C10H13N5OS. The van der Waals surface area contributed by atoms with E-state index in [1.165, 1.54) is 0 Å². The molecule has 2 amide bonds. The van der Waals surface area contributed by atoms with Crippen LogP contribution in [0.25, 0.3) is 0 Å². The number of aromatic nitrogens is 3. The smallest absolute Gasteiger partial charge is 0.320 e. The lowest BCUT2D eigenvalue weighted by molar-refractivity contribution is 0.251. The predicted octanol–water partition coefficient (Wildman–Crippen LogP) is 1.68. The number of anilines is 1. The van der Waals surface area contributed by atoms with Crippen LogP contribution in [0.5, 0.6) is 0 Å². The fourth-order valence-electron chi connectivity index (χ4n) is 1.25. The summed E-state index contributed by atoms with van der Waals surface area (Å²) in [6, 6.07) is 1.69. The summed E-state index contributed by atoms with van der Waals surface area (Å²) >= 11 is 1.60. The zero-order valence-corrected chi connectivity index (χ0v) is 10.2. The van der Waals surface area contributed by atoms with Gasteiger partial charge in [-0.1, -0.05) is 5.21 Å². The highest BCUT2D eigenvalue weighted by molar-refractivity contribution is 7.07. The van der Waals surface area contributed by atoms with Crippen LogP contribution in [-0.4, -0.2) is 21.0 Å². The number of rotatable bonds is 4. The Hall–Kier alpha value is -1.89. The Bertz CT molecular complexity index is 479. The number of hydrogen-bond donors (Lipinski definition) is 2. The summed E-state index contributed by atoms with van der Waals surface area (Å²) in [5.41, 5.74) is 1.09. The van der Waals surface area contributed by atoms with Gasteiger partial charge in [-0.25, -0.2) is 4.79 Å². The highest BCUT2D eigenvalue weighted by Crippen LogP contribution is 2.05. The van der Waals surface area contributed by atoms with Crippen molar-refractivity contribution in [2.75, 3.05) is 5.32 Å². The number of thiophene rings is 1. The van der Waals surface area contributed by atoms with Crippen LogP contribution in [0.3, 0.4) is 0 Å². The third-order valence-corrected chi connectivity index (χ3v) is 2.87. The lowest BCUT2D eigenvalue weighted by atomic mass is 10.3. The standard InChI is InChI=1S/C10H13N5OS/c1-2-15-6-9(13-14-15)12-10(16)11-5-8-3-4-17-7-8/h3-4,6-7H,2,5H2,1H3,(H2,11,12,16). The third-order valence-electron chi connectivity index (χ3n) is 2.14. The van der Waals surface area contributed by atoms with Crippen molar-refractivity contribution in [1.82, 2.24) is 20.3 Å². The van der Waals surface area contributed by atoms with Crippen LogP contribution in [0, 0.1) is 0 Å². The molecule has 2 aromatic rings. The first-order valence-electron chi connectivity index (χ1n) is 5.24.